The highest BCUT2D eigenvalue weighted by Crippen LogP contribution is 2.48. The molecule has 0 aromatic heterocycles. The maximum atomic E-state index is 12.4. The lowest BCUT2D eigenvalue weighted by Gasteiger charge is -2.19. The van der Waals surface area contributed by atoms with Crippen LogP contribution < -0.4 is 10.0 Å². The van der Waals surface area contributed by atoms with Crippen molar-refractivity contribution in [2.75, 3.05) is 12.9 Å². The summed E-state index contributed by atoms with van der Waals surface area (Å²) in [6, 6.07) is 5.49. The van der Waals surface area contributed by atoms with Gasteiger partial charge in [-0.2, -0.15) is 10.1 Å². The van der Waals surface area contributed by atoms with Gasteiger partial charge in [-0.05, 0) is 57.7 Å². The van der Waals surface area contributed by atoms with E-state index < -0.39 is 7.82 Å². The number of benzene rings is 1. The van der Waals surface area contributed by atoms with Crippen LogP contribution in [0.2, 0.25) is 0 Å². The lowest BCUT2D eigenvalue weighted by molar-refractivity contribution is 0.0906. The quantitative estimate of drug-likeness (QED) is 0.441. The minimum absolute atomic E-state index is 0.00739. The molecule has 0 amide bonds. The molecule has 20 heavy (non-hydrogen) atoms. The van der Waals surface area contributed by atoms with Crippen molar-refractivity contribution in [3.05, 3.63) is 23.8 Å². The molecule has 1 unspecified atom stereocenters. The van der Waals surface area contributed by atoms with E-state index in [1.807, 2.05) is 39.2 Å². The summed E-state index contributed by atoms with van der Waals surface area (Å²) in [7, 11) is -3.66. The molecule has 0 fully saturated rings. The molecule has 0 radical (unpaired) electrons. The van der Waals surface area contributed by atoms with Crippen LogP contribution in [0.25, 0.3) is 0 Å². The van der Waals surface area contributed by atoms with E-state index in [2.05, 4.69) is 5.48 Å². The summed E-state index contributed by atoms with van der Waals surface area (Å²) in [4.78, 5) is 1.14. The van der Waals surface area contributed by atoms with Crippen LogP contribution >= 0.6 is 19.6 Å². The fourth-order valence-electron chi connectivity index (χ4n) is 1.44. The summed E-state index contributed by atoms with van der Waals surface area (Å²) in [5.41, 5.74) is 3.66. The fourth-order valence-corrected chi connectivity index (χ4v) is 3.19. The molecule has 0 aliphatic heterocycles. The maximum Gasteiger partial charge on any atom is 0.546 e. The second-order valence-electron chi connectivity index (χ2n) is 4.45. The molecular weight excluding hydrogens is 297 g/mol. The van der Waals surface area contributed by atoms with E-state index in [4.69, 9.17) is 13.7 Å². The average molecular weight is 319 g/mol. The van der Waals surface area contributed by atoms with E-state index in [0.29, 0.717) is 5.75 Å². The Kier molecular flexibility index (Phi) is 7.06. The van der Waals surface area contributed by atoms with Gasteiger partial charge in [-0.1, -0.05) is 0 Å². The smallest absolute Gasteiger partial charge is 0.403 e. The van der Waals surface area contributed by atoms with Crippen molar-refractivity contribution < 1.29 is 18.2 Å². The van der Waals surface area contributed by atoms with Crippen LogP contribution in [0.5, 0.6) is 5.75 Å². The fraction of sp³-hybridized carbons (Fsp3) is 0.538. The zero-order chi connectivity index (χ0) is 15.2. The normalized spacial score (nSPS) is 14.3. The number of phosphoric ester groups is 1. The van der Waals surface area contributed by atoms with Crippen LogP contribution in [0, 0.1) is 6.92 Å². The first kappa shape index (κ1) is 17.5. The highest BCUT2D eigenvalue weighted by atomic mass is 32.2. The summed E-state index contributed by atoms with van der Waals surface area (Å²) in [5.74, 6) is 0.461. The average Bonchev–Trinajstić information content (AvgIpc) is 2.37. The van der Waals surface area contributed by atoms with Gasteiger partial charge in [-0.3, -0.25) is 4.52 Å². The first-order valence-electron chi connectivity index (χ1n) is 6.43. The van der Waals surface area contributed by atoms with Crippen molar-refractivity contribution >= 4 is 19.6 Å². The molecule has 0 bridgehead atoms. The molecule has 1 aromatic carbocycles. The predicted octanol–water partition coefficient (Wildman–Crippen LogP) is 4.17. The Morgan fingerprint density at radius 3 is 2.60 bits per heavy atom. The molecule has 1 atom stereocenters. The van der Waals surface area contributed by atoms with Crippen LogP contribution in [0.1, 0.15) is 26.3 Å². The number of aryl methyl sites for hydroxylation is 1. The summed E-state index contributed by atoms with van der Waals surface area (Å²) < 4.78 is 28.0. The Labute approximate surface area is 125 Å². The van der Waals surface area contributed by atoms with Crippen LogP contribution in [-0.4, -0.2) is 18.9 Å². The van der Waals surface area contributed by atoms with Crippen molar-refractivity contribution in [2.24, 2.45) is 0 Å². The van der Waals surface area contributed by atoms with E-state index in [0.717, 1.165) is 10.5 Å². The number of rotatable bonds is 8. The molecule has 0 heterocycles. The lowest BCUT2D eigenvalue weighted by Crippen LogP contribution is -2.23. The summed E-state index contributed by atoms with van der Waals surface area (Å²) >= 11 is 1.65. The van der Waals surface area contributed by atoms with Gasteiger partial charge >= 0.3 is 7.82 Å². The van der Waals surface area contributed by atoms with Gasteiger partial charge in [-0.15, -0.1) is 11.8 Å². The second-order valence-corrected chi connectivity index (χ2v) is 6.82. The van der Waals surface area contributed by atoms with Gasteiger partial charge in [0.2, 0.25) is 0 Å². The molecule has 0 spiro atoms. The molecule has 1 rings (SSSR count). The van der Waals surface area contributed by atoms with E-state index in [-0.39, 0.29) is 12.6 Å². The summed E-state index contributed by atoms with van der Waals surface area (Å²) in [6.45, 7) is 7.68. The molecule has 0 saturated carbocycles. The van der Waals surface area contributed by atoms with Gasteiger partial charge < -0.3 is 4.52 Å². The lowest BCUT2D eigenvalue weighted by atomic mass is 10.2. The summed E-state index contributed by atoms with van der Waals surface area (Å²) in [6.07, 6.45) is 2.00. The van der Waals surface area contributed by atoms with E-state index in [1.54, 1.807) is 24.8 Å². The standard InChI is InChI=1S/C13H22NO4PS/c1-6-16-19(15,18-14-10(2)3)17-12-7-8-13(20-5)11(4)9-12/h7-10,14H,6H2,1-5H3. The van der Waals surface area contributed by atoms with E-state index >= 15 is 0 Å². The highest BCUT2D eigenvalue weighted by Gasteiger charge is 2.29. The minimum Gasteiger partial charge on any atom is -0.403 e. The number of hydrogen-bond donors (Lipinski definition) is 1. The van der Waals surface area contributed by atoms with E-state index in [9.17, 15) is 4.57 Å². The Bertz CT molecular complexity index is 481. The van der Waals surface area contributed by atoms with E-state index in [1.165, 1.54) is 0 Å². The topological polar surface area (TPSA) is 56.8 Å². The van der Waals surface area contributed by atoms with Crippen molar-refractivity contribution in [3.8, 4) is 5.75 Å². The van der Waals surface area contributed by atoms with Crippen LogP contribution in [0.4, 0.5) is 0 Å². The van der Waals surface area contributed by atoms with Crippen molar-refractivity contribution in [2.45, 2.75) is 38.6 Å². The molecule has 1 aromatic rings. The molecular formula is C13H22NO4PS. The van der Waals surface area contributed by atoms with Crippen LogP contribution in [-0.2, 0) is 13.7 Å². The molecule has 0 aliphatic carbocycles. The number of hydrogen-bond acceptors (Lipinski definition) is 6. The van der Waals surface area contributed by atoms with Crippen molar-refractivity contribution in [1.29, 1.82) is 0 Å². The summed E-state index contributed by atoms with van der Waals surface area (Å²) in [5, 5.41) is 0. The van der Waals surface area contributed by atoms with Crippen LogP contribution in [0.15, 0.2) is 23.1 Å². The number of thioether (sulfide) groups is 1. The van der Waals surface area contributed by atoms with Crippen LogP contribution in [0.3, 0.4) is 0 Å². The van der Waals surface area contributed by atoms with Crippen molar-refractivity contribution in [1.82, 2.24) is 5.48 Å². The zero-order valence-electron chi connectivity index (χ0n) is 12.5. The third-order valence-corrected chi connectivity index (χ3v) is 4.51. The number of hydroxylamine groups is 1. The van der Waals surface area contributed by atoms with Crippen molar-refractivity contribution in [3.63, 3.8) is 0 Å². The SMILES string of the molecule is CCOP(=O)(ONC(C)C)Oc1ccc(SC)c(C)c1. The molecule has 1 N–H and O–H groups in total. The van der Waals surface area contributed by atoms with Gasteiger partial charge in [0.1, 0.15) is 5.75 Å². The minimum atomic E-state index is -3.66. The number of nitrogens with one attached hydrogen (secondary N) is 1. The van der Waals surface area contributed by atoms with Gasteiger partial charge in [0.15, 0.2) is 0 Å². The monoisotopic (exact) mass is 319 g/mol. The first-order valence-corrected chi connectivity index (χ1v) is 9.11. The first-order chi connectivity index (χ1) is 9.40. The molecule has 114 valence electrons. The maximum absolute atomic E-state index is 12.4. The Morgan fingerprint density at radius 2 is 2.10 bits per heavy atom. The molecule has 5 nitrogen and oxygen atoms in total. The second kappa shape index (κ2) is 8.05. The third-order valence-electron chi connectivity index (χ3n) is 2.27. The van der Waals surface area contributed by atoms with Gasteiger partial charge in [0.05, 0.1) is 6.61 Å². The Morgan fingerprint density at radius 1 is 1.40 bits per heavy atom. The number of phosphoric acid groups is 1. The molecule has 7 heteroatoms. The van der Waals surface area contributed by atoms with Gasteiger partial charge in [0.25, 0.3) is 0 Å². The molecule has 0 saturated heterocycles. The Balaban J connectivity index is 2.84. The third kappa shape index (κ3) is 5.46. The predicted molar refractivity (Wildman–Crippen MR) is 82.2 cm³/mol. The Hall–Kier alpha value is -0.520. The molecule has 0 aliphatic rings. The highest BCUT2D eigenvalue weighted by molar-refractivity contribution is 7.98. The largest absolute Gasteiger partial charge is 0.546 e. The van der Waals surface area contributed by atoms with Gasteiger partial charge in [0, 0.05) is 10.9 Å². The zero-order valence-corrected chi connectivity index (χ0v) is 14.2. The van der Waals surface area contributed by atoms with Gasteiger partial charge in [-0.25, -0.2) is 4.57 Å².